The molecule has 1 aliphatic rings. The lowest BCUT2D eigenvalue weighted by atomic mass is 9.78. The van der Waals surface area contributed by atoms with Crippen LogP contribution in [-0.2, 0) is 6.54 Å². The number of piperidine rings is 1. The molecule has 0 spiro atoms. The fraction of sp³-hybridized carbons (Fsp3) is 0.750. The maximum absolute atomic E-state index is 5.33. The number of nitrogens with one attached hydrogen (secondary N) is 1. The Hall–Kier alpha value is -0.650. The van der Waals surface area contributed by atoms with Crippen LogP contribution in [0.2, 0.25) is 0 Å². The maximum Gasteiger partial charge on any atom is 0.197 e. The van der Waals surface area contributed by atoms with Crippen LogP contribution in [0.3, 0.4) is 0 Å². The molecule has 2 heterocycles. The van der Waals surface area contributed by atoms with Gasteiger partial charge in [0.15, 0.2) is 5.13 Å². The summed E-state index contributed by atoms with van der Waals surface area (Å²) in [7, 11) is 0. The highest BCUT2D eigenvalue weighted by molar-refractivity contribution is 7.15. The Morgan fingerprint density at radius 1 is 1.53 bits per heavy atom. The number of hydrogen-bond acceptors (Lipinski definition) is 5. The molecular formula is C12H22N4S. The molecule has 1 aromatic heterocycles. The largest absolute Gasteiger partial charge is 0.300 e. The van der Waals surface area contributed by atoms with Gasteiger partial charge in [-0.1, -0.05) is 31.6 Å². The first-order valence-electron chi connectivity index (χ1n) is 6.29. The van der Waals surface area contributed by atoms with Crippen molar-refractivity contribution >= 4 is 16.5 Å². The highest BCUT2D eigenvalue weighted by atomic mass is 32.1. The molecule has 2 rings (SSSR count). The van der Waals surface area contributed by atoms with E-state index in [-0.39, 0.29) is 0 Å². The summed E-state index contributed by atoms with van der Waals surface area (Å²) in [6, 6.07) is 0. The SMILES string of the molecule is CCC1(C)CCN(Cc2cnc(NN)s2)CC1. The van der Waals surface area contributed by atoms with Gasteiger partial charge in [0, 0.05) is 17.6 Å². The topological polar surface area (TPSA) is 54.2 Å². The van der Waals surface area contributed by atoms with E-state index in [0.29, 0.717) is 5.41 Å². The number of hydrazine groups is 1. The zero-order valence-electron chi connectivity index (χ0n) is 10.7. The van der Waals surface area contributed by atoms with E-state index < -0.39 is 0 Å². The standard InChI is InChI=1S/C12H22N4S/c1-3-12(2)4-6-16(7-5-12)9-10-8-14-11(15-13)17-10/h8H,3-7,9,13H2,1-2H3,(H,14,15). The van der Waals surface area contributed by atoms with Gasteiger partial charge in [0.2, 0.25) is 0 Å². The van der Waals surface area contributed by atoms with E-state index in [1.165, 1.54) is 37.2 Å². The van der Waals surface area contributed by atoms with Crippen LogP contribution in [0.5, 0.6) is 0 Å². The summed E-state index contributed by atoms with van der Waals surface area (Å²) in [6.07, 6.45) is 5.84. The molecule has 17 heavy (non-hydrogen) atoms. The van der Waals surface area contributed by atoms with Gasteiger partial charge >= 0.3 is 0 Å². The normalized spacial score (nSPS) is 20.4. The molecule has 5 heteroatoms. The molecule has 0 radical (unpaired) electrons. The average molecular weight is 254 g/mol. The zero-order chi connectivity index (χ0) is 12.3. The van der Waals surface area contributed by atoms with Gasteiger partial charge in [0.25, 0.3) is 0 Å². The van der Waals surface area contributed by atoms with Crippen molar-refractivity contribution in [3.63, 3.8) is 0 Å². The second kappa shape index (κ2) is 5.33. The number of hydrogen-bond donors (Lipinski definition) is 2. The third-order valence-corrected chi connectivity index (χ3v) is 4.89. The predicted octanol–water partition coefficient (Wildman–Crippen LogP) is 2.44. The van der Waals surface area contributed by atoms with Crippen molar-refractivity contribution in [3.8, 4) is 0 Å². The third-order valence-electron chi connectivity index (χ3n) is 3.97. The molecule has 0 saturated carbocycles. The van der Waals surface area contributed by atoms with Gasteiger partial charge in [-0.15, -0.1) is 0 Å². The number of nitrogens with two attached hydrogens (primary N) is 1. The first kappa shape index (κ1) is 12.8. The number of nitrogens with zero attached hydrogens (tertiary/aromatic N) is 2. The number of aromatic nitrogens is 1. The van der Waals surface area contributed by atoms with Gasteiger partial charge in [-0.25, -0.2) is 10.8 Å². The fourth-order valence-electron chi connectivity index (χ4n) is 2.27. The Bertz CT molecular complexity index is 355. The van der Waals surface area contributed by atoms with Crippen molar-refractivity contribution in [1.82, 2.24) is 9.88 Å². The van der Waals surface area contributed by atoms with Crippen molar-refractivity contribution in [2.45, 2.75) is 39.7 Å². The second-order valence-electron chi connectivity index (χ2n) is 5.22. The highest BCUT2D eigenvalue weighted by Gasteiger charge is 2.28. The monoisotopic (exact) mass is 254 g/mol. The fourth-order valence-corrected chi connectivity index (χ4v) is 3.04. The molecule has 0 bridgehead atoms. The third kappa shape index (κ3) is 3.18. The van der Waals surface area contributed by atoms with E-state index >= 15 is 0 Å². The van der Waals surface area contributed by atoms with Crippen molar-refractivity contribution in [1.29, 1.82) is 0 Å². The molecule has 0 unspecified atom stereocenters. The minimum atomic E-state index is 0.564. The molecule has 0 aliphatic carbocycles. The molecule has 4 nitrogen and oxygen atoms in total. The lowest BCUT2D eigenvalue weighted by Gasteiger charge is -2.38. The Morgan fingerprint density at radius 3 is 2.76 bits per heavy atom. The summed E-state index contributed by atoms with van der Waals surface area (Å²) in [5.74, 6) is 5.33. The smallest absolute Gasteiger partial charge is 0.197 e. The van der Waals surface area contributed by atoms with E-state index in [2.05, 4.69) is 29.2 Å². The van der Waals surface area contributed by atoms with E-state index in [1.807, 2.05) is 6.20 Å². The van der Waals surface area contributed by atoms with Gasteiger partial charge < -0.3 is 0 Å². The van der Waals surface area contributed by atoms with Crippen LogP contribution in [0.25, 0.3) is 0 Å². The van der Waals surface area contributed by atoms with Gasteiger partial charge in [-0.2, -0.15) is 0 Å². The summed E-state index contributed by atoms with van der Waals surface area (Å²) in [6.45, 7) is 8.13. The summed E-state index contributed by atoms with van der Waals surface area (Å²) in [4.78, 5) is 8.01. The van der Waals surface area contributed by atoms with Crippen molar-refractivity contribution in [3.05, 3.63) is 11.1 Å². The van der Waals surface area contributed by atoms with Crippen molar-refractivity contribution in [2.75, 3.05) is 18.5 Å². The molecule has 1 saturated heterocycles. The van der Waals surface area contributed by atoms with Crippen LogP contribution in [0, 0.1) is 5.41 Å². The number of nitrogen functional groups attached to an aromatic ring is 1. The number of likely N-dealkylation sites (tertiary alicyclic amines) is 1. The maximum atomic E-state index is 5.33. The van der Waals surface area contributed by atoms with Crippen LogP contribution in [0.15, 0.2) is 6.20 Å². The number of thiazole rings is 1. The van der Waals surface area contributed by atoms with E-state index in [0.717, 1.165) is 11.7 Å². The lowest BCUT2D eigenvalue weighted by Crippen LogP contribution is -2.37. The Balaban J connectivity index is 1.85. The minimum absolute atomic E-state index is 0.564. The van der Waals surface area contributed by atoms with Gasteiger partial charge in [-0.05, 0) is 31.3 Å². The highest BCUT2D eigenvalue weighted by Crippen LogP contribution is 2.34. The van der Waals surface area contributed by atoms with Crippen LogP contribution in [0.1, 0.15) is 38.0 Å². The zero-order valence-corrected chi connectivity index (χ0v) is 11.5. The molecule has 0 aromatic carbocycles. The molecule has 0 amide bonds. The molecule has 1 aliphatic heterocycles. The quantitative estimate of drug-likeness (QED) is 0.640. The molecule has 3 N–H and O–H groups in total. The summed E-state index contributed by atoms with van der Waals surface area (Å²) in [5.41, 5.74) is 3.16. The molecule has 1 aromatic rings. The summed E-state index contributed by atoms with van der Waals surface area (Å²) < 4.78 is 0. The van der Waals surface area contributed by atoms with Gasteiger partial charge in [0.1, 0.15) is 0 Å². The van der Waals surface area contributed by atoms with Crippen molar-refractivity contribution < 1.29 is 0 Å². The van der Waals surface area contributed by atoms with Crippen LogP contribution >= 0.6 is 11.3 Å². The van der Waals surface area contributed by atoms with Crippen LogP contribution in [-0.4, -0.2) is 23.0 Å². The van der Waals surface area contributed by atoms with Gasteiger partial charge in [0.05, 0.1) is 0 Å². The predicted molar refractivity (Wildman–Crippen MR) is 72.8 cm³/mol. The first-order valence-corrected chi connectivity index (χ1v) is 7.10. The molecule has 0 atom stereocenters. The first-order chi connectivity index (χ1) is 8.15. The summed E-state index contributed by atoms with van der Waals surface area (Å²) >= 11 is 1.64. The van der Waals surface area contributed by atoms with E-state index in [1.54, 1.807) is 11.3 Å². The second-order valence-corrected chi connectivity index (χ2v) is 6.33. The molecule has 96 valence electrons. The van der Waals surface area contributed by atoms with Crippen LogP contribution in [0.4, 0.5) is 5.13 Å². The van der Waals surface area contributed by atoms with E-state index in [4.69, 9.17) is 5.84 Å². The average Bonchev–Trinajstić information content (AvgIpc) is 2.80. The minimum Gasteiger partial charge on any atom is -0.300 e. The molecular weight excluding hydrogens is 232 g/mol. The van der Waals surface area contributed by atoms with Crippen molar-refractivity contribution in [2.24, 2.45) is 11.3 Å². The molecule has 1 fully saturated rings. The summed E-state index contributed by atoms with van der Waals surface area (Å²) in [5, 5.41) is 0.801. The number of rotatable bonds is 4. The van der Waals surface area contributed by atoms with Gasteiger partial charge in [-0.3, -0.25) is 10.3 Å². The number of anilines is 1. The Labute approximate surface area is 107 Å². The lowest BCUT2D eigenvalue weighted by molar-refractivity contribution is 0.110. The van der Waals surface area contributed by atoms with E-state index in [9.17, 15) is 0 Å². The Morgan fingerprint density at radius 2 is 2.24 bits per heavy atom. The van der Waals surface area contributed by atoms with Crippen LogP contribution < -0.4 is 11.3 Å². The Kier molecular flexibility index (Phi) is 4.01.